The number of ether oxygens (including phenoxy) is 1. The highest BCUT2D eigenvalue weighted by Crippen LogP contribution is 2.31. The van der Waals surface area contributed by atoms with Crippen molar-refractivity contribution in [2.75, 3.05) is 5.43 Å². The van der Waals surface area contributed by atoms with Gasteiger partial charge in [0.15, 0.2) is 0 Å². The zero-order chi connectivity index (χ0) is 14.7. The number of anilines is 1. The van der Waals surface area contributed by atoms with Gasteiger partial charge in [0.2, 0.25) is 5.88 Å². The van der Waals surface area contributed by atoms with Crippen molar-refractivity contribution < 1.29 is 4.74 Å². The van der Waals surface area contributed by atoms with Crippen molar-refractivity contribution in [2.24, 2.45) is 5.84 Å². The molecule has 3 aromatic rings. The summed E-state index contributed by atoms with van der Waals surface area (Å²) in [6, 6.07) is 9.58. The van der Waals surface area contributed by atoms with Crippen LogP contribution in [0.2, 0.25) is 0 Å². The van der Waals surface area contributed by atoms with Gasteiger partial charge in [0.25, 0.3) is 0 Å². The fraction of sp³-hybridized carbons (Fsp3) is 0.133. The largest absolute Gasteiger partial charge is 0.438 e. The number of benzene rings is 1. The van der Waals surface area contributed by atoms with Crippen molar-refractivity contribution in [3.63, 3.8) is 0 Å². The standard InChI is InChI=1S/C15H15N5O/c1-2-10-14(20-16)18-9-19-15(10)21-13-7-3-6-12-11(13)5-4-8-17-12/h3-9H,2,16H2,1H3,(H,18,19,20). The zero-order valence-corrected chi connectivity index (χ0v) is 11.6. The van der Waals surface area contributed by atoms with Crippen molar-refractivity contribution >= 4 is 16.7 Å². The summed E-state index contributed by atoms with van der Waals surface area (Å²) < 4.78 is 5.97. The minimum Gasteiger partial charge on any atom is -0.438 e. The molecule has 1 aromatic carbocycles. The van der Waals surface area contributed by atoms with Crippen LogP contribution in [0.15, 0.2) is 42.9 Å². The second kappa shape index (κ2) is 5.72. The number of aromatic nitrogens is 3. The van der Waals surface area contributed by atoms with E-state index in [1.807, 2.05) is 37.3 Å². The summed E-state index contributed by atoms with van der Waals surface area (Å²) in [5.74, 6) is 7.25. The molecule has 2 aromatic heterocycles. The Morgan fingerprint density at radius 1 is 1.14 bits per heavy atom. The number of pyridine rings is 1. The molecule has 0 saturated carbocycles. The molecule has 21 heavy (non-hydrogen) atoms. The van der Waals surface area contributed by atoms with Gasteiger partial charge in [-0.1, -0.05) is 13.0 Å². The molecule has 3 N–H and O–H groups in total. The van der Waals surface area contributed by atoms with E-state index in [4.69, 9.17) is 10.6 Å². The van der Waals surface area contributed by atoms with Crippen LogP contribution in [0.25, 0.3) is 10.9 Å². The lowest BCUT2D eigenvalue weighted by Crippen LogP contribution is -2.12. The maximum absolute atomic E-state index is 5.97. The summed E-state index contributed by atoms with van der Waals surface area (Å²) in [5.41, 5.74) is 4.27. The van der Waals surface area contributed by atoms with Gasteiger partial charge in [-0.3, -0.25) is 4.98 Å². The van der Waals surface area contributed by atoms with E-state index in [0.29, 0.717) is 23.9 Å². The number of nitrogens with one attached hydrogen (secondary N) is 1. The number of hydrogen-bond acceptors (Lipinski definition) is 6. The van der Waals surface area contributed by atoms with Crippen LogP contribution in [0, 0.1) is 0 Å². The molecule has 0 amide bonds. The van der Waals surface area contributed by atoms with E-state index in [1.54, 1.807) is 6.20 Å². The summed E-state index contributed by atoms with van der Waals surface area (Å²) in [4.78, 5) is 12.6. The van der Waals surface area contributed by atoms with Gasteiger partial charge in [-0.05, 0) is 30.7 Å². The van der Waals surface area contributed by atoms with Crippen LogP contribution in [0.5, 0.6) is 11.6 Å². The lowest BCUT2D eigenvalue weighted by atomic mass is 10.2. The third-order valence-electron chi connectivity index (χ3n) is 3.21. The molecule has 0 unspecified atom stereocenters. The summed E-state index contributed by atoms with van der Waals surface area (Å²) in [5, 5.41) is 0.933. The molecule has 6 heteroatoms. The van der Waals surface area contributed by atoms with E-state index in [2.05, 4.69) is 20.4 Å². The van der Waals surface area contributed by atoms with Crippen molar-refractivity contribution in [1.82, 2.24) is 15.0 Å². The molecule has 0 aliphatic heterocycles. The summed E-state index contributed by atoms with van der Waals surface area (Å²) in [6.45, 7) is 2.00. The van der Waals surface area contributed by atoms with E-state index in [-0.39, 0.29) is 0 Å². The first kappa shape index (κ1) is 13.3. The van der Waals surface area contributed by atoms with E-state index < -0.39 is 0 Å². The Kier molecular flexibility index (Phi) is 3.61. The highest BCUT2D eigenvalue weighted by Gasteiger charge is 2.12. The Balaban J connectivity index is 2.07. The molecule has 0 aliphatic rings. The second-order valence-corrected chi connectivity index (χ2v) is 4.43. The fourth-order valence-corrected chi connectivity index (χ4v) is 2.20. The predicted molar refractivity (Wildman–Crippen MR) is 81.0 cm³/mol. The minimum atomic E-state index is 0.497. The highest BCUT2D eigenvalue weighted by molar-refractivity contribution is 5.85. The number of hydrazine groups is 1. The van der Waals surface area contributed by atoms with Crippen LogP contribution in [-0.2, 0) is 6.42 Å². The molecule has 106 valence electrons. The smallest absolute Gasteiger partial charge is 0.227 e. The number of nitrogens with zero attached hydrogens (tertiary/aromatic N) is 3. The van der Waals surface area contributed by atoms with Crippen LogP contribution in [0.1, 0.15) is 12.5 Å². The molecular formula is C15H15N5O. The topological polar surface area (TPSA) is 86.0 Å². The van der Waals surface area contributed by atoms with Gasteiger partial charge < -0.3 is 10.2 Å². The maximum atomic E-state index is 5.97. The molecular weight excluding hydrogens is 266 g/mol. The maximum Gasteiger partial charge on any atom is 0.227 e. The van der Waals surface area contributed by atoms with Crippen molar-refractivity contribution in [3.05, 3.63) is 48.4 Å². The Hall–Kier alpha value is -2.73. The first-order valence-corrected chi connectivity index (χ1v) is 6.65. The van der Waals surface area contributed by atoms with E-state index in [9.17, 15) is 0 Å². The number of rotatable bonds is 4. The van der Waals surface area contributed by atoms with Gasteiger partial charge in [0, 0.05) is 11.6 Å². The molecule has 0 bridgehead atoms. The third kappa shape index (κ3) is 2.48. The summed E-state index contributed by atoms with van der Waals surface area (Å²) in [6.07, 6.45) is 3.89. The lowest BCUT2D eigenvalue weighted by Gasteiger charge is -2.12. The van der Waals surface area contributed by atoms with Crippen LogP contribution >= 0.6 is 0 Å². The number of nitrogens with two attached hydrogens (primary N) is 1. The fourth-order valence-electron chi connectivity index (χ4n) is 2.20. The van der Waals surface area contributed by atoms with Crippen LogP contribution in [-0.4, -0.2) is 15.0 Å². The molecule has 0 radical (unpaired) electrons. The molecule has 0 atom stereocenters. The average Bonchev–Trinajstić information content (AvgIpc) is 2.55. The van der Waals surface area contributed by atoms with Gasteiger partial charge in [-0.25, -0.2) is 15.8 Å². The van der Waals surface area contributed by atoms with Crippen LogP contribution < -0.4 is 16.0 Å². The molecule has 2 heterocycles. The Bertz CT molecular complexity index is 770. The summed E-state index contributed by atoms with van der Waals surface area (Å²) in [7, 11) is 0. The van der Waals surface area contributed by atoms with Gasteiger partial charge in [0.1, 0.15) is 17.9 Å². The Morgan fingerprint density at radius 2 is 2.05 bits per heavy atom. The van der Waals surface area contributed by atoms with Crippen molar-refractivity contribution in [3.8, 4) is 11.6 Å². The van der Waals surface area contributed by atoms with Crippen molar-refractivity contribution in [1.29, 1.82) is 0 Å². The monoisotopic (exact) mass is 281 g/mol. The molecule has 0 saturated heterocycles. The molecule has 0 aliphatic carbocycles. The van der Waals surface area contributed by atoms with Crippen LogP contribution in [0.3, 0.4) is 0 Å². The highest BCUT2D eigenvalue weighted by atomic mass is 16.5. The second-order valence-electron chi connectivity index (χ2n) is 4.43. The quantitative estimate of drug-likeness (QED) is 0.565. The molecule has 3 rings (SSSR count). The zero-order valence-electron chi connectivity index (χ0n) is 11.6. The Labute approximate surface area is 122 Å². The molecule has 0 spiro atoms. The lowest BCUT2D eigenvalue weighted by molar-refractivity contribution is 0.460. The van der Waals surface area contributed by atoms with E-state index in [0.717, 1.165) is 16.5 Å². The molecule has 6 nitrogen and oxygen atoms in total. The van der Waals surface area contributed by atoms with Gasteiger partial charge in [0.05, 0.1) is 11.1 Å². The van der Waals surface area contributed by atoms with E-state index >= 15 is 0 Å². The average molecular weight is 281 g/mol. The number of nitrogen functional groups attached to an aromatic ring is 1. The van der Waals surface area contributed by atoms with Gasteiger partial charge in [-0.2, -0.15) is 0 Å². The SMILES string of the molecule is CCc1c(NN)ncnc1Oc1cccc2ncccc12. The number of hydrogen-bond donors (Lipinski definition) is 2. The predicted octanol–water partition coefficient (Wildman–Crippen LogP) is 2.67. The van der Waals surface area contributed by atoms with Crippen molar-refractivity contribution in [2.45, 2.75) is 13.3 Å². The first-order chi connectivity index (χ1) is 10.3. The summed E-state index contributed by atoms with van der Waals surface area (Å²) >= 11 is 0. The number of fused-ring (bicyclic) bond motifs is 1. The minimum absolute atomic E-state index is 0.497. The first-order valence-electron chi connectivity index (χ1n) is 6.65. The van der Waals surface area contributed by atoms with Crippen LogP contribution in [0.4, 0.5) is 5.82 Å². The third-order valence-corrected chi connectivity index (χ3v) is 3.21. The van der Waals surface area contributed by atoms with E-state index in [1.165, 1.54) is 6.33 Å². The molecule has 0 fully saturated rings. The normalized spacial score (nSPS) is 10.6. The Morgan fingerprint density at radius 3 is 2.86 bits per heavy atom. The van der Waals surface area contributed by atoms with Gasteiger partial charge in [-0.15, -0.1) is 0 Å². The van der Waals surface area contributed by atoms with Gasteiger partial charge >= 0.3 is 0 Å².